The molecule has 0 unspecified atom stereocenters. The molecule has 0 spiro atoms. The lowest BCUT2D eigenvalue weighted by Crippen LogP contribution is -2.44. The van der Waals surface area contributed by atoms with E-state index in [4.69, 9.17) is 4.74 Å². The van der Waals surface area contributed by atoms with Crippen molar-refractivity contribution in [3.05, 3.63) is 23.9 Å². The fourth-order valence-corrected chi connectivity index (χ4v) is 3.61. The Morgan fingerprint density at radius 3 is 2.80 bits per heavy atom. The molecule has 1 saturated carbocycles. The van der Waals surface area contributed by atoms with Crippen molar-refractivity contribution in [3.8, 4) is 5.88 Å². The van der Waals surface area contributed by atoms with Crippen LogP contribution in [-0.4, -0.2) is 36.1 Å². The van der Waals surface area contributed by atoms with Crippen LogP contribution in [0.25, 0.3) is 0 Å². The second kappa shape index (κ2) is 7.59. The Labute approximate surface area is 144 Å². The van der Waals surface area contributed by atoms with Gasteiger partial charge in [-0.25, -0.2) is 4.98 Å². The molecule has 1 aliphatic carbocycles. The van der Waals surface area contributed by atoms with Gasteiger partial charge in [0.15, 0.2) is 0 Å². The Morgan fingerprint density at radius 2 is 2.12 bits per heavy atom. The maximum Gasteiger partial charge on any atom is 0.417 e. The van der Waals surface area contributed by atoms with Crippen molar-refractivity contribution in [2.75, 3.05) is 13.2 Å². The van der Waals surface area contributed by atoms with Crippen LogP contribution >= 0.6 is 0 Å². The maximum absolute atomic E-state index is 12.4. The van der Waals surface area contributed by atoms with Crippen molar-refractivity contribution in [1.29, 1.82) is 0 Å². The molecule has 2 heterocycles. The first-order valence-electron chi connectivity index (χ1n) is 8.63. The molecule has 5 nitrogen and oxygen atoms in total. The Hall–Kier alpha value is -1.83. The molecule has 1 saturated heterocycles. The van der Waals surface area contributed by atoms with Gasteiger partial charge >= 0.3 is 6.18 Å². The fourth-order valence-electron chi connectivity index (χ4n) is 3.61. The maximum atomic E-state index is 12.4. The zero-order valence-corrected chi connectivity index (χ0v) is 13.8. The number of hydrogen-bond donors (Lipinski definition) is 2. The molecule has 0 bridgehead atoms. The zero-order valence-electron chi connectivity index (χ0n) is 13.8. The van der Waals surface area contributed by atoms with Gasteiger partial charge in [0.2, 0.25) is 11.8 Å². The van der Waals surface area contributed by atoms with Crippen molar-refractivity contribution >= 4 is 5.91 Å². The summed E-state index contributed by atoms with van der Waals surface area (Å²) >= 11 is 0. The Kier molecular flexibility index (Phi) is 5.46. The molecule has 0 aromatic carbocycles. The third-order valence-corrected chi connectivity index (χ3v) is 4.89. The number of ether oxygens (including phenoxy) is 1. The van der Waals surface area contributed by atoms with Crippen molar-refractivity contribution in [1.82, 2.24) is 15.6 Å². The minimum atomic E-state index is -4.41. The SMILES string of the molecule is O=C(NCCOc1ccc(C(F)(F)F)cn1)[C@@H]1C[C@@H]2CCCC[C@@H]2N1. The second-order valence-corrected chi connectivity index (χ2v) is 6.63. The molecule has 25 heavy (non-hydrogen) atoms. The van der Waals surface area contributed by atoms with E-state index >= 15 is 0 Å². The van der Waals surface area contributed by atoms with Gasteiger partial charge < -0.3 is 15.4 Å². The molecule has 1 aliphatic heterocycles. The summed E-state index contributed by atoms with van der Waals surface area (Å²) in [4.78, 5) is 15.8. The van der Waals surface area contributed by atoms with E-state index in [0.717, 1.165) is 25.1 Å². The molecule has 3 rings (SSSR count). The zero-order chi connectivity index (χ0) is 17.9. The summed E-state index contributed by atoms with van der Waals surface area (Å²) in [5, 5.41) is 6.21. The largest absolute Gasteiger partial charge is 0.476 e. The van der Waals surface area contributed by atoms with Gasteiger partial charge in [-0.15, -0.1) is 0 Å². The summed E-state index contributed by atoms with van der Waals surface area (Å²) in [5.74, 6) is 0.655. The summed E-state index contributed by atoms with van der Waals surface area (Å²) in [5.41, 5.74) is -0.818. The number of fused-ring (bicyclic) bond motifs is 1. The number of aromatic nitrogens is 1. The van der Waals surface area contributed by atoms with E-state index in [1.165, 1.54) is 25.3 Å². The van der Waals surface area contributed by atoms with Gasteiger partial charge in [-0.1, -0.05) is 12.8 Å². The average Bonchev–Trinajstić information content (AvgIpc) is 3.02. The monoisotopic (exact) mass is 357 g/mol. The van der Waals surface area contributed by atoms with Crippen LogP contribution in [0.2, 0.25) is 0 Å². The molecule has 1 aromatic rings. The smallest absolute Gasteiger partial charge is 0.417 e. The Morgan fingerprint density at radius 1 is 1.32 bits per heavy atom. The molecule has 3 atom stereocenters. The van der Waals surface area contributed by atoms with Crippen LogP contribution in [0.5, 0.6) is 5.88 Å². The number of carbonyl (C=O) groups excluding carboxylic acids is 1. The van der Waals surface area contributed by atoms with Crippen LogP contribution in [0.3, 0.4) is 0 Å². The molecular weight excluding hydrogens is 335 g/mol. The first-order chi connectivity index (χ1) is 11.9. The van der Waals surface area contributed by atoms with Gasteiger partial charge in [-0.2, -0.15) is 13.2 Å². The molecule has 1 amide bonds. The van der Waals surface area contributed by atoms with Crippen LogP contribution in [0, 0.1) is 5.92 Å². The van der Waals surface area contributed by atoms with E-state index < -0.39 is 11.7 Å². The lowest BCUT2D eigenvalue weighted by atomic mass is 9.85. The highest BCUT2D eigenvalue weighted by Gasteiger charge is 2.38. The van der Waals surface area contributed by atoms with Crippen LogP contribution in [-0.2, 0) is 11.0 Å². The van der Waals surface area contributed by atoms with E-state index in [0.29, 0.717) is 12.0 Å². The number of hydrogen-bond acceptors (Lipinski definition) is 4. The van der Waals surface area contributed by atoms with E-state index in [9.17, 15) is 18.0 Å². The average molecular weight is 357 g/mol. The third kappa shape index (κ3) is 4.62. The molecule has 2 aliphatic rings. The van der Waals surface area contributed by atoms with Gasteiger partial charge in [0.1, 0.15) is 6.61 Å². The lowest BCUT2D eigenvalue weighted by molar-refractivity contribution is -0.137. The standard InChI is InChI=1S/C17H22F3N3O2/c18-17(19,20)12-5-6-15(22-10-12)25-8-7-21-16(24)14-9-11-3-1-2-4-13(11)23-14/h5-6,10-11,13-14,23H,1-4,7-9H2,(H,21,24)/t11-,13-,14-/m0/s1. The molecule has 2 fully saturated rings. The molecular formula is C17H22F3N3O2. The number of nitrogens with zero attached hydrogens (tertiary/aromatic N) is 1. The molecule has 8 heteroatoms. The van der Waals surface area contributed by atoms with E-state index in [1.54, 1.807) is 0 Å². The quantitative estimate of drug-likeness (QED) is 0.795. The number of carbonyl (C=O) groups is 1. The first-order valence-corrected chi connectivity index (χ1v) is 8.63. The van der Waals surface area contributed by atoms with E-state index in [1.807, 2.05) is 0 Å². The third-order valence-electron chi connectivity index (χ3n) is 4.89. The van der Waals surface area contributed by atoms with Crippen molar-refractivity contribution in [3.63, 3.8) is 0 Å². The summed E-state index contributed by atoms with van der Waals surface area (Å²) in [6.45, 7) is 0.443. The van der Waals surface area contributed by atoms with Gasteiger partial charge in [0, 0.05) is 18.3 Å². The highest BCUT2D eigenvalue weighted by atomic mass is 19.4. The van der Waals surface area contributed by atoms with Gasteiger partial charge in [0.25, 0.3) is 0 Å². The van der Waals surface area contributed by atoms with Gasteiger partial charge in [-0.05, 0) is 31.2 Å². The second-order valence-electron chi connectivity index (χ2n) is 6.63. The number of alkyl halides is 3. The fraction of sp³-hybridized carbons (Fsp3) is 0.647. The van der Waals surface area contributed by atoms with Crippen molar-refractivity contribution < 1.29 is 22.7 Å². The Bertz CT molecular complexity index is 578. The summed E-state index contributed by atoms with van der Waals surface area (Å²) < 4.78 is 42.6. The molecule has 1 aromatic heterocycles. The molecule has 0 radical (unpaired) electrons. The van der Waals surface area contributed by atoms with Crippen molar-refractivity contribution in [2.24, 2.45) is 5.92 Å². The number of nitrogens with one attached hydrogen (secondary N) is 2. The van der Waals surface area contributed by atoms with Crippen molar-refractivity contribution in [2.45, 2.75) is 50.4 Å². The van der Waals surface area contributed by atoms with Crippen LogP contribution in [0.4, 0.5) is 13.2 Å². The summed E-state index contributed by atoms with van der Waals surface area (Å²) in [6.07, 6.45) is 1.98. The van der Waals surface area contributed by atoms with Crippen LogP contribution in [0.15, 0.2) is 18.3 Å². The minimum Gasteiger partial charge on any atom is -0.476 e. The normalized spacial score (nSPS) is 26.1. The number of amides is 1. The number of rotatable bonds is 5. The highest BCUT2D eigenvalue weighted by molar-refractivity contribution is 5.82. The molecule has 138 valence electrons. The topological polar surface area (TPSA) is 63.2 Å². The first kappa shape index (κ1) is 18.0. The molecule has 2 N–H and O–H groups in total. The minimum absolute atomic E-state index is 0.0432. The van der Waals surface area contributed by atoms with E-state index in [-0.39, 0.29) is 31.0 Å². The number of halogens is 3. The van der Waals surface area contributed by atoms with Gasteiger partial charge in [-0.3, -0.25) is 4.79 Å². The summed E-state index contributed by atoms with van der Waals surface area (Å²) in [6, 6.07) is 2.40. The lowest BCUT2D eigenvalue weighted by Gasteiger charge is -2.24. The number of pyridine rings is 1. The van der Waals surface area contributed by atoms with E-state index in [2.05, 4.69) is 15.6 Å². The van der Waals surface area contributed by atoms with Gasteiger partial charge in [0.05, 0.1) is 18.2 Å². The predicted molar refractivity (Wildman–Crippen MR) is 85.0 cm³/mol. The Balaban J connectivity index is 1.37. The van der Waals surface area contributed by atoms with Crippen LogP contribution in [0.1, 0.15) is 37.7 Å². The van der Waals surface area contributed by atoms with Crippen LogP contribution < -0.4 is 15.4 Å². The highest BCUT2D eigenvalue weighted by Crippen LogP contribution is 2.33. The predicted octanol–water partition coefficient (Wildman–Crippen LogP) is 2.52. The summed E-state index contributed by atoms with van der Waals surface area (Å²) in [7, 11) is 0.